The molecule has 2 N–H and O–H groups in total. The molecule has 0 aliphatic rings. The number of hydrogen-bond acceptors (Lipinski definition) is 3. The number of nitrogens with zero attached hydrogens (tertiary/aromatic N) is 1. The van der Waals surface area contributed by atoms with Crippen LogP contribution in [0.3, 0.4) is 0 Å². The van der Waals surface area contributed by atoms with Gasteiger partial charge < -0.3 is 10.5 Å². The summed E-state index contributed by atoms with van der Waals surface area (Å²) in [6.45, 7) is 2.15. The summed E-state index contributed by atoms with van der Waals surface area (Å²) in [4.78, 5) is 3.90. The molecule has 0 spiro atoms. The van der Waals surface area contributed by atoms with Crippen molar-refractivity contribution in [2.75, 3.05) is 0 Å². The topological polar surface area (TPSA) is 48.1 Å². The molecule has 0 saturated carbocycles. The third-order valence-electron chi connectivity index (χ3n) is 2.32. The number of halogens is 1. The van der Waals surface area contributed by atoms with Crippen LogP contribution >= 0.6 is 0 Å². The van der Waals surface area contributed by atoms with Crippen LogP contribution in [0.1, 0.15) is 11.1 Å². The summed E-state index contributed by atoms with van der Waals surface area (Å²) in [5, 5.41) is 0. The Balaban J connectivity index is 2.29. The maximum Gasteiger partial charge on any atom is 0.223 e. The number of benzene rings is 1. The number of hydrogen-bond donors (Lipinski definition) is 1. The Kier molecular flexibility index (Phi) is 3.35. The van der Waals surface area contributed by atoms with Gasteiger partial charge in [-0.25, -0.2) is 9.37 Å². The number of aryl methyl sites for hydroxylation is 1. The van der Waals surface area contributed by atoms with Gasteiger partial charge in [-0.3, -0.25) is 0 Å². The SMILES string of the molecule is Cc1cccc(Oc2ncc(F)cc2CN)c1. The van der Waals surface area contributed by atoms with Crippen LogP contribution in [-0.2, 0) is 6.54 Å². The molecule has 0 aliphatic carbocycles. The molecule has 0 unspecified atom stereocenters. The van der Waals surface area contributed by atoms with Gasteiger partial charge in [-0.2, -0.15) is 0 Å². The van der Waals surface area contributed by atoms with Crippen molar-refractivity contribution in [3.63, 3.8) is 0 Å². The molecule has 88 valence electrons. The number of rotatable bonds is 3. The van der Waals surface area contributed by atoms with E-state index in [-0.39, 0.29) is 6.54 Å². The van der Waals surface area contributed by atoms with E-state index in [1.54, 1.807) is 0 Å². The Morgan fingerprint density at radius 2 is 2.18 bits per heavy atom. The van der Waals surface area contributed by atoms with Crippen molar-refractivity contribution in [3.8, 4) is 11.6 Å². The normalized spacial score (nSPS) is 10.3. The Hall–Kier alpha value is -1.94. The van der Waals surface area contributed by atoms with Crippen molar-refractivity contribution in [2.24, 2.45) is 5.73 Å². The third kappa shape index (κ3) is 2.79. The van der Waals surface area contributed by atoms with Crippen LogP contribution in [0, 0.1) is 12.7 Å². The van der Waals surface area contributed by atoms with Gasteiger partial charge in [0.05, 0.1) is 6.20 Å². The molecule has 0 saturated heterocycles. The second-order valence-corrected chi connectivity index (χ2v) is 3.74. The molecule has 0 bridgehead atoms. The van der Waals surface area contributed by atoms with Crippen LogP contribution < -0.4 is 10.5 Å². The third-order valence-corrected chi connectivity index (χ3v) is 2.32. The summed E-state index contributed by atoms with van der Waals surface area (Å²) in [7, 11) is 0. The van der Waals surface area contributed by atoms with Gasteiger partial charge in [0.25, 0.3) is 0 Å². The van der Waals surface area contributed by atoms with Crippen molar-refractivity contribution in [2.45, 2.75) is 13.5 Å². The molecule has 0 amide bonds. The zero-order valence-corrected chi connectivity index (χ0v) is 9.48. The first kappa shape index (κ1) is 11.5. The Bertz CT molecular complexity index is 529. The number of pyridine rings is 1. The van der Waals surface area contributed by atoms with Gasteiger partial charge in [0, 0.05) is 12.1 Å². The van der Waals surface area contributed by atoms with Crippen LogP contribution in [0.5, 0.6) is 11.6 Å². The lowest BCUT2D eigenvalue weighted by Crippen LogP contribution is -2.02. The van der Waals surface area contributed by atoms with Gasteiger partial charge >= 0.3 is 0 Å². The second-order valence-electron chi connectivity index (χ2n) is 3.74. The fourth-order valence-electron chi connectivity index (χ4n) is 1.50. The van der Waals surface area contributed by atoms with Crippen LogP contribution in [0.4, 0.5) is 4.39 Å². The molecular weight excluding hydrogens is 219 g/mol. The van der Waals surface area contributed by atoms with Crippen molar-refractivity contribution < 1.29 is 9.13 Å². The molecule has 3 nitrogen and oxygen atoms in total. The zero-order chi connectivity index (χ0) is 12.3. The highest BCUT2D eigenvalue weighted by atomic mass is 19.1. The molecule has 0 atom stereocenters. The Labute approximate surface area is 99.1 Å². The largest absolute Gasteiger partial charge is 0.439 e. The Morgan fingerprint density at radius 3 is 2.88 bits per heavy atom. The maximum absolute atomic E-state index is 13.0. The quantitative estimate of drug-likeness (QED) is 0.885. The lowest BCUT2D eigenvalue weighted by molar-refractivity contribution is 0.452. The zero-order valence-electron chi connectivity index (χ0n) is 9.48. The van der Waals surface area contributed by atoms with Gasteiger partial charge in [0.2, 0.25) is 5.88 Å². The van der Waals surface area contributed by atoms with E-state index in [4.69, 9.17) is 10.5 Å². The predicted octanol–water partition coefficient (Wildman–Crippen LogP) is 2.78. The first-order valence-electron chi connectivity index (χ1n) is 5.28. The molecule has 0 fully saturated rings. The van der Waals surface area contributed by atoms with E-state index in [9.17, 15) is 4.39 Å². The van der Waals surface area contributed by atoms with Gasteiger partial charge in [-0.1, -0.05) is 12.1 Å². The minimum atomic E-state index is -0.415. The minimum absolute atomic E-state index is 0.186. The monoisotopic (exact) mass is 232 g/mol. The summed E-state index contributed by atoms with van der Waals surface area (Å²) in [5.41, 5.74) is 7.15. The molecule has 0 radical (unpaired) electrons. The van der Waals surface area contributed by atoms with Crippen LogP contribution in [0.25, 0.3) is 0 Å². The highest BCUT2D eigenvalue weighted by Crippen LogP contribution is 2.23. The van der Waals surface area contributed by atoms with E-state index in [2.05, 4.69) is 4.98 Å². The van der Waals surface area contributed by atoms with E-state index >= 15 is 0 Å². The van der Waals surface area contributed by atoms with Crippen molar-refractivity contribution in [1.29, 1.82) is 0 Å². The van der Waals surface area contributed by atoms with Crippen LogP contribution in [0.2, 0.25) is 0 Å². The van der Waals surface area contributed by atoms with Gasteiger partial charge in [0.15, 0.2) is 0 Å². The summed E-state index contributed by atoms with van der Waals surface area (Å²) < 4.78 is 18.5. The molecular formula is C13H13FN2O. The van der Waals surface area contributed by atoms with E-state index in [1.165, 1.54) is 6.07 Å². The van der Waals surface area contributed by atoms with Gasteiger partial charge in [-0.05, 0) is 30.7 Å². The molecule has 2 aromatic rings. The predicted molar refractivity (Wildman–Crippen MR) is 63.3 cm³/mol. The van der Waals surface area contributed by atoms with E-state index in [1.807, 2.05) is 31.2 Å². The van der Waals surface area contributed by atoms with Gasteiger partial charge in [-0.15, -0.1) is 0 Å². The molecule has 0 aliphatic heterocycles. The van der Waals surface area contributed by atoms with Gasteiger partial charge in [0.1, 0.15) is 11.6 Å². The van der Waals surface area contributed by atoms with E-state index in [0.29, 0.717) is 17.2 Å². The minimum Gasteiger partial charge on any atom is -0.439 e. The first-order chi connectivity index (χ1) is 8.19. The standard InChI is InChI=1S/C13H13FN2O/c1-9-3-2-4-12(5-9)17-13-10(7-15)6-11(14)8-16-13/h2-6,8H,7,15H2,1H3. The molecule has 2 rings (SSSR count). The van der Waals surface area contributed by atoms with Crippen molar-refractivity contribution in [1.82, 2.24) is 4.98 Å². The van der Waals surface area contributed by atoms with Crippen LogP contribution in [-0.4, -0.2) is 4.98 Å². The number of nitrogens with two attached hydrogens (primary N) is 1. The molecule has 4 heteroatoms. The first-order valence-corrected chi connectivity index (χ1v) is 5.28. The highest BCUT2D eigenvalue weighted by molar-refractivity contribution is 5.34. The summed E-state index contributed by atoms with van der Waals surface area (Å²) in [6, 6.07) is 8.88. The Morgan fingerprint density at radius 1 is 1.35 bits per heavy atom. The van der Waals surface area contributed by atoms with E-state index in [0.717, 1.165) is 11.8 Å². The molecule has 1 heterocycles. The van der Waals surface area contributed by atoms with Crippen molar-refractivity contribution in [3.05, 3.63) is 53.5 Å². The summed E-state index contributed by atoms with van der Waals surface area (Å²) in [6.07, 6.45) is 1.12. The van der Waals surface area contributed by atoms with Crippen LogP contribution in [0.15, 0.2) is 36.5 Å². The molecule has 17 heavy (non-hydrogen) atoms. The highest BCUT2D eigenvalue weighted by Gasteiger charge is 2.07. The number of ether oxygens (including phenoxy) is 1. The molecule has 1 aromatic heterocycles. The van der Waals surface area contributed by atoms with E-state index < -0.39 is 5.82 Å². The fraction of sp³-hybridized carbons (Fsp3) is 0.154. The second kappa shape index (κ2) is 4.93. The molecule has 1 aromatic carbocycles. The lowest BCUT2D eigenvalue weighted by atomic mass is 10.2. The maximum atomic E-state index is 13.0. The average molecular weight is 232 g/mol. The number of aromatic nitrogens is 1. The lowest BCUT2D eigenvalue weighted by Gasteiger charge is -2.09. The average Bonchev–Trinajstić information content (AvgIpc) is 2.31. The summed E-state index contributed by atoms with van der Waals surface area (Å²) >= 11 is 0. The smallest absolute Gasteiger partial charge is 0.223 e. The fourth-order valence-corrected chi connectivity index (χ4v) is 1.50. The summed E-state index contributed by atoms with van der Waals surface area (Å²) in [5.74, 6) is 0.598. The van der Waals surface area contributed by atoms with Crippen molar-refractivity contribution >= 4 is 0 Å².